The van der Waals surface area contributed by atoms with Gasteiger partial charge in [-0.1, -0.05) is 19.8 Å². The van der Waals surface area contributed by atoms with E-state index in [1.807, 2.05) is 20.8 Å². The Hall–Kier alpha value is -1.08. The Morgan fingerprint density at radius 2 is 2.08 bits per heavy atom. The molecule has 0 aromatic heterocycles. The van der Waals surface area contributed by atoms with E-state index < -0.39 is 19.6 Å². The Bertz CT molecular complexity index is 532. The van der Waals surface area contributed by atoms with Gasteiger partial charge in [0.2, 0.25) is 5.91 Å². The number of ether oxygens (including phenoxy) is 1. The van der Waals surface area contributed by atoms with Crippen molar-refractivity contribution in [2.75, 3.05) is 13.1 Å². The van der Waals surface area contributed by atoms with E-state index in [9.17, 15) is 9.59 Å². The maximum atomic E-state index is 12.9. The van der Waals surface area contributed by atoms with Crippen molar-refractivity contribution >= 4 is 20.3 Å². The van der Waals surface area contributed by atoms with Gasteiger partial charge in [0, 0.05) is 25.4 Å². The lowest BCUT2D eigenvalue weighted by atomic mass is 9.92. The summed E-state index contributed by atoms with van der Waals surface area (Å²) in [6, 6.07) is 1.06. The zero-order valence-corrected chi connectivity index (χ0v) is 18.3. The van der Waals surface area contributed by atoms with Crippen molar-refractivity contribution in [3.05, 3.63) is 0 Å². The van der Waals surface area contributed by atoms with Crippen molar-refractivity contribution in [3.8, 4) is 0 Å². The summed E-state index contributed by atoms with van der Waals surface area (Å²) in [4.78, 5) is 26.6. The molecule has 150 valence electrons. The summed E-state index contributed by atoms with van der Waals surface area (Å²) >= 11 is 0. The van der Waals surface area contributed by atoms with Gasteiger partial charge in [0.1, 0.15) is 11.3 Å². The first kappa shape index (κ1) is 21.2. The number of nitrogens with zero attached hydrogens (tertiary/aromatic N) is 1. The summed E-state index contributed by atoms with van der Waals surface area (Å²) in [5, 5.41) is 2.93. The van der Waals surface area contributed by atoms with Crippen LogP contribution in [0, 0.1) is 5.92 Å². The second-order valence-electron chi connectivity index (χ2n) is 9.25. The molecule has 0 bridgehead atoms. The molecule has 26 heavy (non-hydrogen) atoms. The molecule has 2 rings (SSSR count). The molecule has 6 nitrogen and oxygen atoms in total. The maximum absolute atomic E-state index is 12.9. The fourth-order valence-corrected chi connectivity index (χ4v) is 6.69. The maximum Gasteiger partial charge on any atom is 0.412 e. The summed E-state index contributed by atoms with van der Waals surface area (Å²) in [6.07, 6.45) is 4.00. The highest BCUT2D eigenvalue weighted by atomic mass is 28.4. The number of hydrogen-bond acceptors (Lipinski definition) is 4. The van der Waals surface area contributed by atoms with Gasteiger partial charge in [-0.3, -0.25) is 9.69 Å². The summed E-state index contributed by atoms with van der Waals surface area (Å²) in [5.41, 5.74) is -1.27. The SMILES string of the molecule is CCCC[Si](C)(C)OC1(C2CNC(=O)C2)CCCN1C(=O)OC(C)(C)C. The number of amides is 2. The van der Waals surface area contributed by atoms with E-state index in [0.717, 1.165) is 31.7 Å². The number of likely N-dealkylation sites (tertiary alicyclic amines) is 1. The normalized spacial score (nSPS) is 26.9. The first-order valence-electron chi connectivity index (χ1n) is 9.96. The van der Waals surface area contributed by atoms with Crippen molar-refractivity contribution in [1.82, 2.24) is 10.2 Å². The van der Waals surface area contributed by atoms with Gasteiger partial charge in [-0.25, -0.2) is 4.79 Å². The summed E-state index contributed by atoms with van der Waals surface area (Å²) in [5.74, 6) is 0.0282. The summed E-state index contributed by atoms with van der Waals surface area (Å²) in [7, 11) is -1.99. The van der Waals surface area contributed by atoms with Crippen LogP contribution in [0.5, 0.6) is 0 Å². The molecule has 2 atom stereocenters. The minimum atomic E-state index is -1.99. The molecule has 2 heterocycles. The van der Waals surface area contributed by atoms with Crippen LogP contribution in [0.15, 0.2) is 0 Å². The average molecular weight is 385 g/mol. The molecule has 2 aliphatic heterocycles. The van der Waals surface area contributed by atoms with Gasteiger partial charge in [0.15, 0.2) is 8.32 Å². The van der Waals surface area contributed by atoms with E-state index in [4.69, 9.17) is 9.16 Å². The molecule has 2 fully saturated rings. The van der Waals surface area contributed by atoms with E-state index in [1.165, 1.54) is 0 Å². The Kier molecular flexibility index (Phi) is 6.43. The van der Waals surface area contributed by atoms with Gasteiger partial charge >= 0.3 is 6.09 Å². The van der Waals surface area contributed by atoms with E-state index >= 15 is 0 Å². The summed E-state index contributed by atoms with van der Waals surface area (Å²) in [6.45, 7) is 13.5. The lowest BCUT2D eigenvalue weighted by Crippen LogP contribution is -2.60. The summed E-state index contributed by atoms with van der Waals surface area (Å²) < 4.78 is 12.5. The molecule has 0 aromatic rings. The lowest BCUT2D eigenvalue weighted by molar-refractivity contribution is -0.123. The molecule has 0 aliphatic carbocycles. The van der Waals surface area contributed by atoms with Gasteiger partial charge < -0.3 is 14.5 Å². The van der Waals surface area contributed by atoms with Crippen LogP contribution in [-0.2, 0) is 14.0 Å². The lowest BCUT2D eigenvalue weighted by Gasteiger charge is -2.46. The highest BCUT2D eigenvalue weighted by Crippen LogP contribution is 2.43. The number of carbonyl (C=O) groups excluding carboxylic acids is 2. The Labute approximate surface area is 159 Å². The van der Waals surface area contributed by atoms with Crippen LogP contribution in [0.25, 0.3) is 0 Å². The first-order valence-corrected chi connectivity index (χ1v) is 13.1. The van der Waals surface area contributed by atoms with E-state index in [2.05, 4.69) is 25.3 Å². The van der Waals surface area contributed by atoms with Crippen LogP contribution in [0.3, 0.4) is 0 Å². The number of unbranched alkanes of at least 4 members (excludes halogenated alkanes) is 1. The quantitative estimate of drug-likeness (QED) is 0.706. The van der Waals surface area contributed by atoms with Crippen LogP contribution in [0.4, 0.5) is 4.79 Å². The molecule has 0 saturated carbocycles. The molecule has 2 saturated heterocycles. The number of rotatable bonds is 6. The van der Waals surface area contributed by atoms with Crippen LogP contribution >= 0.6 is 0 Å². The van der Waals surface area contributed by atoms with Crippen molar-refractivity contribution in [3.63, 3.8) is 0 Å². The van der Waals surface area contributed by atoms with E-state index in [-0.39, 0.29) is 17.9 Å². The largest absolute Gasteiger partial charge is 0.444 e. The molecule has 0 aromatic carbocycles. The van der Waals surface area contributed by atoms with Crippen molar-refractivity contribution < 1.29 is 18.8 Å². The minimum absolute atomic E-state index is 0.0154. The number of nitrogens with one attached hydrogen (secondary N) is 1. The third kappa shape index (κ3) is 5.00. The van der Waals surface area contributed by atoms with Crippen LogP contribution in [-0.4, -0.2) is 49.6 Å². The highest BCUT2D eigenvalue weighted by Gasteiger charge is 2.55. The highest BCUT2D eigenvalue weighted by molar-refractivity contribution is 6.71. The molecule has 0 spiro atoms. The number of carbonyl (C=O) groups is 2. The molecule has 2 amide bonds. The predicted octanol–water partition coefficient (Wildman–Crippen LogP) is 3.87. The van der Waals surface area contributed by atoms with Gasteiger partial charge in [0.25, 0.3) is 0 Å². The molecular formula is C19H36N2O4Si. The fraction of sp³-hybridized carbons (Fsp3) is 0.895. The van der Waals surface area contributed by atoms with Crippen molar-refractivity contribution in [1.29, 1.82) is 0 Å². The Balaban J connectivity index is 2.30. The van der Waals surface area contributed by atoms with Crippen molar-refractivity contribution in [2.24, 2.45) is 5.92 Å². The van der Waals surface area contributed by atoms with Gasteiger partial charge in [0.05, 0.1) is 0 Å². The van der Waals surface area contributed by atoms with Crippen LogP contribution in [0.1, 0.15) is 59.8 Å². The second-order valence-corrected chi connectivity index (χ2v) is 13.5. The van der Waals surface area contributed by atoms with Gasteiger partial charge in [-0.2, -0.15) is 0 Å². The average Bonchev–Trinajstić information content (AvgIpc) is 3.10. The topological polar surface area (TPSA) is 67.9 Å². The van der Waals surface area contributed by atoms with Crippen LogP contribution in [0.2, 0.25) is 19.1 Å². The smallest absolute Gasteiger partial charge is 0.412 e. The standard InChI is InChI=1S/C19H36N2O4Si/c1-7-8-12-26(5,6)25-19(15-13-16(22)20-14-15)10-9-11-21(19)17(23)24-18(2,3)4/h15H,7-14H2,1-6H3,(H,20,22). The van der Waals surface area contributed by atoms with Gasteiger partial charge in [-0.05, 0) is 52.8 Å². The third-order valence-corrected chi connectivity index (χ3v) is 7.65. The first-order chi connectivity index (χ1) is 12.0. The van der Waals surface area contributed by atoms with E-state index in [0.29, 0.717) is 19.5 Å². The van der Waals surface area contributed by atoms with Gasteiger partial charge in [-0.15, -0.1) is 0 Å². The molecule has 2 aliphatic rings. The minimum Gasteiger partial charge on any atom is -0.444 e. The number of hydrogen-bond donors (Lipinski definition) is 1. The zero-order valence-electron chi connectivity index (χ0n) is 17.3. The Morgan fingerprint density at radius 1 is 1.38 bits per heavy atom. The predicted molar refractivity (Wildman–Crippen MR) is 104 cm³/mol. The van der Waals surface area contributed by atoms with Crippen molar-refractivity contribution in [2.45, 2.75) is 90.3 Å². The molecule has 7 heteroatoms. The van der Waals surface area contributed by atoms with E-state index in [1.54, 1.807) is 4.90 Å². The zero-order chi connectivity index (χ0) is 19.6. The molecule has 0 radical (unpaired) electrons. The second kappa shape index (κ2) is 7.88. The molecular weight excluding hydrogens is 348 g/mol. The fourth-order valence-electron chi connectivity index (χ4n) is 4.05. The van der Waals surface area contributed by atoms with Crippen LogP contribution < -0.4 is 5.32 Å². The molecule has 1 N–H and O–H groups in total. The third-order valence-electron chi connectivity index (χ3n) is 5.19. The Morgan fingerprint density at radius 3 is 2.62 bits per heavy atom. The molecule has 2 unspecified atom stereocenters. The monoisotopic (exact) mass is 384 g/mol.